The van der Waals surface area contributed by atoms with Gasteiger partial charge in [0.2, 0.25) is 0 Å². The standard InChI is InChI=1S/C21H33N3O2S/c1-3-22-21(24-13-11-19-15-17-4-7-18(19)14-17)23-12-10-16-5-8-20(9-6-16)27(2,25)26/h5-6,8-9,17-19H,3-4,7,10-15H2,1-2H3,(H2,22,23,24). The van der Waals surface area contributed by atoms with Crippen LogP contribution in [0, 0.1) is 17.8 Å². The average Bonchev–Trinajstić information content (AvgIpc) is 3.24. The van der Waals surface area contributed by atoms with Crippen molar-refractivity contribution in [2.45, 2.75) is 50.3 Å². The largest absolute Gasteiger partial charge is 0.357 e. The second kappa shape index (κ2) is 9.09. The van der Waals surface area contributed by atoms with Crippen molar-refractivity contribution in [1.29, 1.82) is 0 Å². The van der Waals surface area contributed by atoms with Gasteiger partial charge < -0.3 is 10.6 Å². The molecule has 5 nitrogen and oxygen atoms in total. The summed E-state index contributed by atoms with van der Waals surface area (Å²) >= 11 is 0. The molecule has 2 aliphatic rings. The van der Waals surface area contributed by atoms with E-state index in [1.54, 1.807) is 12.1 Å². The maximum Gasteiger partial charge on any atom is 0.191 e. The molecule has 0 aromatic heterocycles. The third-order valence-electron chi connectivity index (χ3n) is 6.06. The van der Waals surface area contributed by atoms with Crippen LogP contribution in [0.3, 0.4) is 0 Å². The molecular weight excluding hydrogens is 358 g/mol. The lowest BCUT2D eigenvalue weighted by molar-refractivity contribution is 0.318. The quantitative estimate of drug-likeness (QED) is 0.528. The molecule has 6 heteroatoms. The fourth-order valence-corrected chi connectivity index (χ4v) is 5.27. The van der Waals surface area contributed by atoms with Crippen LogP contribution in [0.25, 0.3) is 0 Å². The second-order valence-corrected chi connectivity index (χ2v) is 10.1. The normalized spacial score (nSPS) is 25.0. The van der Waals surface area contributed by atoms with Gasteiger partial charge in [0, 0.05) is 25.9 Å². The monoisotopic (exact) mass is 391 g/mol. The molecule has 3 unspecified atom stereocenters. The van der Waals surface area contributed by atoms with Crippen LogP contribution in [0.4, 0.5) is 0 Å². The highest BCUT2D eigenvalue weighted by Gasteiger charge is 2.38. The molecule has 0 aliphatic heterocycles. The van der Waals surface area contributed by atoms with E-state index in [9.17, 15) is 8.42 Å². The molecule has 0 heterocycles. The summed E-state index contributed by atoms with van der Waals surface area (Å²) in [5.41, 5.74) is 1.12. The minimum atomic E-state index is -3.13. The van der Waals surface area contributed by atoms with Crippen LogP contribution >= 0.6 is 0 Å². The van der Waals surface area contributed by atoms with Crippen LogP contribution in [-0.2, 0) is 16.3 Å². The van der Waals surface area contributed by atoms with Gasteiger partial charge in [-0.3, -0.25) is 4.99 Å². The van der Waals surface area contributed by atoms with E-state index >= 15 is 0 Å². The second-order valence-electron chi connectivity index (χ2n) is 8.08. The molecule has 2 fully saturated rings. The predicted octanol–water partition coefficient (Wildman–Crippen LogP) is 3.01. The first-order chi connectivity index (χ1) is 13.0. The lowest BCUT2D eigenvalue weighted by atomic mass is 9.86. The predicted molar refractivity (Wildman–Crippen MR) is 111 cm³/mol. The van der Waals surface area contributed by atoms with E-state index in [4.69, 9.17) is 4.99 Å². The molecule has 2 aliphatic carbocycles. The maximum absolute atomic E-state index is 11.5. The van der Waals surface area contributed by atoms with Gasteiger partial charge >= 0.3 is 0 Å². The highest BCUT2D eigenvalue weighted by Crippen LogP contribution is 2.49. The number of hydrogen-bond donors (Lipinski definition) is 2. The van der Waals surface area contributed by atoms with E-state index < -0.39 is 9.84 Å². The molecule has 3 rings (SSSR count). The molecule has 0 radical (unpaired) electrons. The van der Waals surface area contributed by atoms with Gasteiger partial charge in [-0.05, 0) is 74.5 Å². The summed E-state index contributed by atoms with van der Waals surface area (Å²) in [4.78, 5) is 5.12. The Balaban J connectivity index is 1.43. The Hall–Kier alpha value is -1.56. The lowest BCUT2D eigenvalue weighted by Gasteiger charge is -2.20. The first kappa shape index (κ1) is 20.2. The number of guanidine groups is 1. The van der Waals surface area contributed by atoms with Crippen LogP contribution in [0.5, 0.6) is 0 Å². The molecule has 2 bridgehead atoms. The van der Waals surface area contributed by atoms with E-state index in [1.165, 1.54) is 38.4 Å². The maximum atomic E-state index is 11.5. The van der Waals surface area contributed by atoms with Crippen molar-refractivity contribution in [2.75, 3.05) is 25.9 Å². The number of benzene rings is 1. The number of nitrogens with zero attached hydrogens (tertiary/aromatic N) is 1. The third kappa shape index (κ3) is 5.71. The zero-order valence-electron chi connectivity index (χ0n) is 16.6. The number of fused-ring (bicyclic) bond motifs is 2. The summed E-state index contributed by atoms with van der Waals surface area (Å²) in [5, 5.41) is 6.71. The Bertz CT molecular complexity index is 743. The Labute approximate surface area is 164 Å². The van der Waals surface area contributed by atoms with Crippen LogP contribution in [-0.4, -0.2) is 40.3 Å². The summed E-state index contributed by atoms with van der Waals surface area (Å²) in [6.07, 6.45) is 9.07. The van der Waals surface area contributed by atoms with Gasteiger partial charge in [-0.15, -0.1) is 0 Å². The summed E-state index contributed by atoms with van der Waals surface area (Å²) < 4.78 is 23.0. The number of sulfone groups is 1. The van der Waals surface area contributed by atoms with Crippen LogP contribution < -0.4 is 10.6 Å². The van der Waals surface area contributed by atoms with Gasteiger partial charge in [-0.2, -0.15) is 0 Å². The van der Waals surface area contributed by atoms with Crippen LogP contribution in [0.15, 0.2) is 34.2 Å². The Kier molecular flexibility index (Phi) is 6.79. The van der Waals surface area contributed by atoms with Crippen molar-refractivity contribution in [3.05, 3.63) is 29.8 Å². The third-order valence-corrected chi connectivity index (χ3v) is 7.18. The van der Waals surface area contributed by atoms with Gasteiger partial charge in [0.05, 0.1) is 4.90 Å². The van der Waals surface area contributed by atoms with E-state index in [0.717, 1.165) is 55.3 Å². The van der Waals surface area contributed by atoms with E-state index in [2.05, 4.69) is 17.6 Å². The van der Waals surface area contributed by atoms with Gasteiger partial charge in [0.1, 0.15) is 0 Å². The Morgan fingerprint density at radius 1 is 1.15 bits per heavy atom. The number of hydrogen-bond acceptors (Lipinski definition) is 3. The molecule has 3 atom stereocenters. The topological polar surface area (TPSA) is 70.6 Å². The molecule has 1 aromatic carbocycles. The van der Waals surface area contributed by atoms with Crippen molar-refractivity contribution in [3.8, 4) is 0 Å². The molecule has 2 saturated carbocycles. The molecular formula is C21H33N3O2S. The van der Waals surface area contributed by atoms with Crippen molar-refractivity contribution >= 4 is 15.8 Å². The first-order valence-corrected chi connectivity index (χ1v) is 12.2. The van der Waals surface area contributed by atoms with Crippen LogP contribution in [0.2, 0.25) is 0 Å². The van der Waals surface area contributed by atoms with Crippen molar-refractivity contribution in [1.82, 2.24) is 10.6 Å². The van der Waals surface area contributed by atoms with Gasteiger partial charge in [0.25, 0.3) is 0 Å². The Morgan fingerprint density at radius 2 is 1.93 bits per heavy atom. The molecule has 0 spiro atoms. The number of nitrogens with one attached hydrogen (secondary N) is 2. The number of aliphatic imine (C=N–C) groups is 1. The minimum absolute atomic E-state index is 0.370. The van der Waals surface area contributed by atoms with Crippen LogP contribution in [0.1, 0.15) is 44.6 Å². The highest BCUT2D eigenvalue weighted by atomic mass is 32.2. The van der Waals surface area contributed by atoms with Gasteiger partial charge in [-0.25, -0.2) is 8.42 Å². The molecule has 27 heavy (non-hydrogen) atoms. The van der Waals surface area contributed by atoms with Crippen molar-refractivity contribution < 1.29 is 8.42 Å². The minimum Gasteiger partial charge on any atom is -0.357 e. The molecule has 0 amide bonds. The number of rotatable bonds is 8. The van der Waals surface area contributed by atoms with Crippen molar-refractivity contribution in [2.24, 2.45) is 22.7 Å². The van der Waals surface area contributed by atoms with E-state index in [1.807, 2.05) is 12.1 Å². The zero-order valence-corrected chi connectivity index (χ0v) is 17.4. The summed E-state index contributed by atoms with van der Waals surface area (Å²) in [7, 11) is -3.13. The molecule has 0 saturated heterocycles. The summed E-state index contributed by atoms with van der Waals surface area (Å²) in [6, 6.07) is 7.13. The lowest BCUT2D eigenvalue weighted by Crippen LogP contribution is -2.38. The van der Waals surface area contributed by atoms with Gasteiger partial charge in [-0.1, -0.05) is 18.6 Å². The smallest absolute Gasteiger partial charge is 0.191 e. The first-order valence-electron chi connectivity index (χ1n) is 10.3. The molecule has 1 aromatic rings. The SMILES string of the molecule is CCNC(=NCCC1CC2CCC1C2)NCCc1ccc(S(C)(=O)=O)cc1. The van der Waals surface area contributed by atoms with Gasteiger partial charge in [0.15, 0.2) is 15.8 Å². The van der Waals surface area contributed by atoms with E-state index in [-0.39, 0.29) is 0 Å². The fraction of sp³-hybridized carbons (Fsp3) is 0.667. The summed E-state index contributed by atoms with van der Waals surface area (Å²) in [6.45, 7) is 4.60. The van der Waals surface area contributed by atoms with E-state index in [0.29, 0.717) is 4.90 Å². The average molecular weight is 392 g/mol. The van der Waals surface area contributed by atoms with Crippen molar-refractivity contribution in [3.63, 3.8) is 0 Å². The zero-order chi connectivity index (χ0) is 19.3. The highest BCUT2D eigenvalue weighted by molar-refractivity contribution is 7.90. The molecule has 2 N–H and O–H groups in total. The Morgan fingerprint density at radius 3 is 2.52 bits per heavy atom. The summed E-state index contributed by atoms with van der Waals surface area (Å²) in [5.74, 6) is 3.75. The fourth-order valence-electron chi connectivity index (χ4n) is 4.64. The molecule has 150 valence electrons.